The molecule has 0 bridgehead atoms. The summed E-state index contributed by atoms with van der Waals surface area (Å²) in [6, 6.07) is 7.81. The molecule has 2 rings (SSSR count). The maximum absolute atomic E-state index is 6.15. The topological polar surface area (TPSA) is 30.9 Å². The van der Waals surface area contributed by atoms with Gasteiger partial charge in [0.15, 0.2) is 0 Å². The van der Waals surface area contributed by atoms with E-state index in [0.717, 1.165) is 12.0 Å². The number of aromatic nitrogens is 1. The Balaban J connectivity index is 2.16. The van der Waals surface area contributed by atoms with Crippen molar-refractivity contribution in [1.29, 1.82) is 0 Å². The minimum absolute atomic E-state index is 0.171. The number of hydrogen-bond donors (Lipinski definition) is 1. The Labute approximate surface area is 117 Å². The van der Waals surface area contributed by atoms with Gasteiger partial charge in [0.2, 0.25) is 0 Å². The zero-order valence-corrected chi connectivity index (χ0v) is 11.7. The third-order valence-electron chi connectivity index (χ3n) is 2.77. The van der Waals surface area contributed by atoms with Gasteiger partial charge in [-0.15, -0.1) is 0 Å². The molecule has 0 saturated heterocycles. The van der Waals surface area contributed by atoms with E-state index in [1.807, 2.05) is 31.3 Å². The number of nitrogens with zero attached hydrogens (tertiary/aromatic N) is 1. The van der Waals surface area contributed by atoms with Crippen molar-refractivity contribution in [2.24, 2.45) is 5.73 Å². The normalized spacial score (nSPS) is 12.7. The van der Waals surface area contributed by atoms with Gasteiger partial charge in [-0.2, -0.15) is 0 Å². The maximum Gasteiger partial charge on any atom is 0.0499 e. The van der Waals surface area contributed by atoms with E-state index in [4.69, 9.17) is 28.9 Å². The third-order valence-corrected chi connectivity index (χ3v) is 3.48. The molecule has 0 spiro atoms. The minimum Gasteiger partial charge on any atom is -0.350 e. The van der Waals surface area contributed by atoms with Crippen molar-refractivity contribution >= 4 is 23.2 Å². The fourth-order valence-electron chi connectivity index (χ4n) is 1.95. The lowest BCUT2D eigenvalue weighted by Gasteiger charge is -2.08. The van der Waals surface area contributed by atoms with Gasteiger partial charge in [0.25, 0.3) is 0 Å². The van der Waals surface area contributed by atoms with E-state index in [-0.39, 0.29) is 6.04 Å². The van der Waals surface area contributed by atoms with Crippen LogP contribution >= 0.6 is 23.2 Å². The van der Waals surface area contributed by atoms with Crippen LogP contribution < -0.4 is 5.73 Å². The minimum atomic E-state index is 0.171. The molecule has 18 heavy (non-hydrogen) atoms. The van der Waals surface area contributed by atoms with Crippen LogP contribution in [0.1, 0.15) is 18.1 Å². The second-order valence-corrected chi connectivity index (χ2v) is 5.39. The molecule has 0 saturated carbocycles. The summed E-state index contributed by atoms with van der Waals surface area (Å²) >= 11 is 12.3. The Bertz CT molecular complexity index is 512. The summed E-state index contributed by atoms with van der Waals surface area (Å²) in [4.78, 5) is 0. The summed E-state index contributed by atoms with van der Waals surface area (Å²) in [5, 5.41) is 1.40. The smallest absolute Gasteiger partial charge is 0.0499 e. The van der Waals surface area contributed by atoms with Crippen molar-refractivity contribution in [1.82, 2.24) is 4.57 Å². The van der Waals surface area contributed by atoms with Crippen molar-refractivity contribution in [2.45, 2.75) is 25.9 Å². The Morgan fingerprint density at radius 3 is 2.50 bits per heavy atom. The number of nitrogens with two attached hydrogens (primary N) is 1. The monoisotopic (exact) mass is 282 g/mol. The van der Waals surface area contributed by atoms with E-state index >= 15 is 0 Å². The Morgan fingerprint density at radius 1 is 1.22 bits per heavy atom. The van der Waals surface area contributed by atoms with Gasteiger partial charge < -0.3 is 10.3 Å². The quantitative estimate of drug-likeness (QED) is 0.910. The first-order chi connectivity index (χ1) is 8.56. The molecule has 4 heteroatoms. The second kappa shape index (κ2) is 5.79. The zero-order chi connectivity index (χ0) is 13.1. The van der Waals surface area contributed by atoms with Crippen LogP contribution in [-0.2, 0) is 13.0 Å². The first kappa shape index (κ1) is 13.5. The molecule has 1 heterocycles. The SMILES string of the molecule is CC(N)Cc1ccn(Cc2c(Cl)cccc2Cl)c1. The van der Waals surface area contributed by atoms with Crippen LogP contribution in [0.2, 0.25) is 10.0 Å². The second-order valence-electron chi connectivity index (χ2n) is 4.57. The lowest BCUT2D eigenvalue weighted by Crippen LogP contribution is -2.17. The van der Waals surface area contributed by atoms with E-state index in [1.54, 1.807) is 0 Å². The lowest BCUT2D eigenvalue weighted by molar-refractivity contribution is 0.732. The van der Waals surface area contributed by atoms with Gasteiger partial charge in [-0.05, 0) is 37.1 Å². The molecule has 0 amide bonds. The first-order valence-corrected chi connectivity index (χ1v) is 6.65. The molecule has 0 aliphatic heterocycles. The fourth-order valence-corrected chi connectivity index (χ4v) is 2.46. The number of rotatable bonds is 4. The molecule has 96 valence electrons. The van der Waals surface area contributed by atoms with Crippen molar-refractivity contribution in [3.63, 3.8) is 0 Å². The van der Waals surface area contributed by atoms with E-state index in [9.17, 15) is 0 Å². The highest BCUT2D eigenvalue weighted by Gasteiger charge is 2.07. The molecule has 0 aliphatic carbocycles. The van der Waals surface area contributed by atoms with Crippen molar-refractivity contribution < 1.29 is 0 Å². The van der Waals surface area contributed by atoms with E-state index in [0.29, 0.717) is 16.6 Å². The van der Waals surface area contributed by atoms with Crippen LogP contribution in [0.5, 0.6) is 0 Å². The van der Waals surface area contributed by atoms with Crippen molar-refractivity contribution in [3.8, 4) is 0 Å². The van der Waals surface area contributed by atoms with Crippen LogP contribution in [0.4, 0.5) is 0 Å². The standard InChI is InChI=1S/C14H16Cl2N2/c1-10(17)7-11-5-6-18(8-11)9-12-13(15)3-2-4-14(12)16/h2-6,8,10H,7,9,17H2,1H3. The van der Waals surface area contributed by atoms with Crippen molar-refractivity contribution in [3.05, 3.63) is 57.8 Å². The summed E-state index contributed by atoms with van der Waals surface area (Å²) in [7, 11) is 0. The van der Waals surface area contributed by atoms with Crippen LogP contribution in [0.3, 0.4) is 0 Å². The van der Waals surface area contributed by atoms with Crippen LogP contribution in [0.25, 0.3) is 0 Å². The summed E-state index contributed by atoms with van der Waals surface area (Å²) in [6.07, 6.45) is 4.99. The average molecular weight is 283 g/mol. The largest absolute Gasteiger partial charge is 0.350 e. The molecule has 1 atom stereocenters. The molecule has 1 aromatic heterocycles. The Kier molecular flexibility index (Phi) is 4.33. The number of benzene rings is 1. The van der Waals surface area contributed by atoms with Crippen LogP contribution in [0, 0.1) is 0 Å². The van der Waals surface area contributed by atoms with E-state index in [2.05, 4.69) is 16.8 Å². The fraction of sp³-hybridized carbons (Fsp3) is 0.286. The highest BCUT2D eigenvalue weighted by atomic mass is 35.5. The summed E-state index contributed by atoms with van der Waals surface area (Å²) in [6.45, 7) is 2.68. The van der Waals surface area contributed by atoms with Gasteiger partial charge in [-0.3, -0.25) is 0 Å². The van der Waals surface area contributed by atoms with Gasteiger partial charge >= 0.3 is 0 Å². The predicted molar refractivity (Wildman–Crippen MR) is 77.3 cm³/mol. The molecule has 0 radical (unpaired) electrons. The predicted octanol–water partition coefficient (Wildman–Crippen LogP) is 3.73. The molecular formula is C14H16Cl2N2. The van der Waals surface area contributed by atoms with Gasteiger partial charge in [0.05, 0.1) is 0 Å². The van der Waals surface area contributed by atoms with Crippen molar-refractivity contribution in [2.75, 3.05) is 0 Å². The van der Waals surface area contributed by atoms with Crippen LogP contribution in [-0.4, -0.2) is 10.6 Å². The molecule has 2 N–H and O–H groups in total. The summed E-state index contributed by atoms with van der Waals surface area (Å²) < 4.78 is 2.07. The van der Waals surface area contributed by atoms with E-state index in [1.165, 1.54) is 5.56 Å². The summed E-state index contributed by atoms with van der Waals surface area (Å²) in [5.41, 5.74) is 7.96. The molecule has 2 aromatic rings. The third kappa shape index (κ3) is 3.29. The lowest BCUT2D eigenvalue weighted by atomic mass is 10.1. The molecule has 2 nitrogen and oxygen atoms in total. The Morgan fingerprint density at radius 2 is 1.89 bits per heavy atom. The average Bonchev–Trinajstić information content (AvgIpc) is 2.70. The highest BCUT2D eigenvalue weighted by Crippen LogP contribution is 2.25. The number of halogens is 2. The van der Waals surface area contributed by atoms with Gasteiger partial charge in [0.1, 0.15) is 0 Å². The molecular weight excluding hydrogens is 267 g/mol. The van der Waals surface area contributed by atoms with Gasteiger partial charge in [-0.1, -0.05) is 29.3 Å². The Hall–Kier alpha value is -0.960. The zero-order valence-electron chi connectivity index (χ0n) is 10.2. The van der Waals surface area contributed by atoms with E-state index < -0.39 is 0 Å². The van der Waals surface area contributed by atoms with Crippen LogP contribution in [0.15, 0.2) is 36.7 Å². The molecule has 0 fully saturated rings. The maximum atomic E-state index is 6.15. The number of hydrogen-bond acceptors (Lipinski definition) is 1. The first-order valence-electron chi connectivity index (χ1n) is 5.89. The highest BCUT2D eigenvalue weighted by molar-refractivity contribution is 6.35. The molecule has 0 aliphatic rings. The molecule has 1 unspecified atom stereocenters. The van der Waals surface area contributed by atoms with Gasteiger partial charge in [0, 0.05) is 40.6 Å². The summed E-state index contributed by atoms with van der Waals surface area (Å²) in [5.74, 6) is 0. The van der Waals surface area contributed by atoms with Gasteiger partial charge in [-0.25, -0.2) is 0 Å². The molecule has 1 aromatic carbocycles.